The van der Waals surface area contributed by atoms with Gasteiger partial charge in [0.1, 0.15) is 0 Å². The van der Waals surface area contributed by atoms with E-state index < -0.39 is 10.0 Å². The molecule has 0 aliphatic carbocycles. The fourth-order valence-electron chi connectivity index (χ4n) is 3.68. The largest absolute Gasteiger partial charge is 0.352 e. The number of hydrogen-bond donors (Lipinski definition) is 2. The minimum absolute atomic E-state index is 0.0317. The van der Waals surface area contributed by atoms with Crippen molar-refractivity contribution in [2.45, 2.75) is 31.2 Å². The van der Waals surface area contributed by atoms with Gasteiger partial charge in [0.15, 0.2) is 0 Å². The van der Waals surface area contributed by atoms with Gasteiger partial charge in [0.05, 0.1) is 26.4 Å². The average molecular weight is 496 g/mol. The third-order valence-corrected chi connectivity index (χ3v) is 7.66. The molecule has 3 aromatic carbocycles. The van der Waals surface area contributed by atoms with Crippen molar-refractivity contribution >= 4 is 43.2 Å². The number of anilines is 1. The van der Waals surface area contributed by atoms with Crippen LogP contribution >= 0.6 is 11.3 Å². The molecule has 4 rings (SSSR count). The summed E-state index contributed by atoms with van der Waals surface area (Å²) in [5, 5.41) is 2.85. The average Bonchev–Trinajstić information content (AvgIpc) is 3.14. The van der Waals surface area contributed by atoms with Gasteiger partial charge in [-0.25, -0.2) is 8.42 Å². The predicted octanol–water partition coefficient (Wildman–Crippen LogP) is 4.25. The first-order valence-corrected chi connectivity index (χ1v) is 13.3. The van der Waals surface area contributed by atoms with Gasteiger partial charge in [0.2, 0.25) is 0 Å². The highest BCUT2D eigenvalue weighted by molar-refractivity contribution is 7.92. The van der Waals surface area contributed by atoms with Gasteiger partial charge < -0.3 is 5.32 Å². The Labute approximate surface area is 202 Å². The Bertz CT molecular complexity index is 1480. The van der Waals surface area contributed by atoms with E-state index in [0.29, 0.717) is 29.7 Å². The van der Waals surface area contributed by atoms with E-state index >= 15 is 0 Å². The van der Waals surface area contributed by atoms with E-state index in [9.17, 15) is 18.0 Å². The Morgan fingerprint density at radius 2 is 1.74 bits per heavy atom. The number of nitrogens with zero attached hydrogens (tertiary/aromatic N) is 1. The Morgan fingerprint density at radius 3 is 2.50 bits per heavy atom. The van der Waals surface area contributed by atoms with Crippen molar-refractivity contribution in [3.63, 3.8) is 0 Å². The number of nitrogens with one attached hydrogen (secondary N) is 2. The molecular formula is C25H25N3O4S2. The van der Waals surface area contributed by atoms with Crippen LogP contribution in [0.15, 0.2) is 82.5 Å². The molecule has 0 spiro atoms. The number of thiazole rings is 1. The van der Waals surface area contributed by atoms with E-state index in [-0.39, 0.29) is 26.9 Å². The molecule has 0 fully saturated rings. The number of carbonyl (C=O) groups is 1. The van der Waals surface area contributed by atoms with Crippen LogP contribution < -0.4 is 14.9 Å². The summed E-state index contributed by atoms with van der Waals surface area (Å²) in [5.74, 6) is -0.362. The highest BCUT2D eigenvalue weighted by Gasteiger charge is 2.20. The van der Waals surface area contributed by atoms with E-state index in [1.165, 1.54) is 12.1 Å². The number of benzene rings is 3. The van der Waals surface area contributed by atoms with Crippen LogP contribution in [0.3, 0.4) is 0 Å². The maximum Gasteiger partial charge on any atom is 0.308 e. The van der Waals surface area contributed by atoms with Crippen LogP contribution in [0.1, 0.15) is 29.3 Å². The van der Waals surface area contributed by atoms with Gasteiger partial charge in [-0.3, -0.25) is 18.9 Å². The number of sulfonamides is 1. The van der Waals surface area contributed by atoms with Crippen molar-refractivity contribution in [1.82, 2.24) is 9.88 Å². The zero-order valence-corrected chi connectivity index (χ0v) is 20.3. The van der Waals surface area contributed by atoms with Crippen LogP contribution in [0.25, 0.3) is 10.2 Å². The van der Waals surface area contributed by atoms with E-state index in [1.54, 1.807) is 34.9 Å². The first kappa shape index (κ1) is 23.7. The van der Waals surface area contributed by atoms with Gasteiger partial charge in [-0.2, -0.15) is 0 Å². The number of hydrogen-bond acceptors (Lipinski definition) is 5. The van der Waals surface area contributed by atoms with E-state index in [2.05, 4.69) is 10.0 Å². The Morgan fingerprint density at radius 1 is 1.00 bits per heavy atom. The Hall–Kier alpha value is -3.43. The molecule has 0 aliphatic heterocycles. The highest BCUT2D eigenvalue weighted by atomic mass is 32.2. The van der Waals surface area contributed by atoms with Crippen molar-refractivity contribution in [2.75, 3.05) is 11.3 Å². The van der Waals surface area contributed by atoms with Crippen LogP contribution in [-0.4, -0.2) is 25.4 Å². The second kappa shape index (κ2) is 10.2. The predicted molar refractivity (Wildman–Crippen MR) is 136 cm³/mol. The highest BCUT2D eigenvalue weighted by Crippen LogP contribution is 2.25. The van der Waals surface area contributed by atoms with E-state index in [4.69, 9.17) is 0 Å². The number of amides is 1. The lowest BCUT2D eigenvalue weighted by atomic mass is 10.1. The number of para-hydroxylation sites is 1. The van der Waals surface area contributed by atoms with Gasteiger partial charge in [-0.05, 0) is 48.7 Å². The minimum Gasteiger partial charge on any atom is -0.352 e. The molecule has 2 N–H and O–H groups in total. The van der Waals surface area contributed by atoms with Crippen molar-refractivity contribution in [3.05, 3.63) is 93.6 Å². The summed E-state index contributed by atoms with van der Waals surface area (Å²) in [6, 6.07) is 20.9. The minimum atomic E-state index is -3.97. The molecule has 7 nitrogen and oxygen atoms in total. The monoisotopic (exact) mass is 495 g/mol. The van der Waals surface area contributed by atoms with E-state index in [1.807, 2.05) is 37.3 Å². The maximum atomic E-state index is 13.1. The molecule has 0 atom stereocenters. The molecular weight excluding hydrogens is 470 g/mol. The summed E-state index contributed by atoms with van der Waals surface area (Å²) >= 11 is 1.02. The third kappa shape index (κ3) is 5.21. The second-order valence-electron chi connectivity index (χ2n) is 7.79. The third-order valence-electron chi connectivity index (χ3n) is 5.36. The maximum absolute atomic E-state index is 13.1. The molecule has 176 valence electrons. The van der Waals surface area contributed by atoms with Crippen LogP contribution in [0.4, 0.5) is 5.69 Å². The van der Waals surface area contributed by atoms with Crippen molar-refractivity contribution < 1.29 is 13.2 Å². The van der Waals surface area contributed by atoms with Crippen LogP contribution in [0.5, 0.6) is 0 Å². The molecule has 0 saturated carbocycles. The summed E-state index contributed by atoms with van der Waals surface area (Å²) in [5.41, 5.74) is 2.24. The topological polar surface area (TPSA) is 97.3 Å². The van der Waals surface area contributed by atoms with Gasteiger partial charge in [0.25, 0.3) is 15.9 Å². The lowest BCUT2D eigenvalue weighted by Crippen LogP contribution is -2.27. The quantitative estimate of drug-likeness (QED) is 0.363. The van der Waals surface area contributed by atoms with Crippen LogP contribution in [0.2, 0.25) is 0 Å². The summed E-state index contributed by atoms with van der Waals surface area (Å²) in [6.07, 6.45) is 1.47. The molecule has 0 radical (unpaired) electrons. The van der Waals surface area contributed by atoms with Gasteiger partial charge in [-0.15, -0.1) is 0 Å². The van der Waals surface area contributed by atoms with Crippen LogP contribution in [-0.2, 0) is 23.0 Å². The van der Waals surface area contributed by atoms with Crippen molar-refractivity contribution in [1.29, 1.82) is 0 Å². The summed E-state index contributed by atoms with van der Waals surface area (Å²) < 4.78 is 31.0. The summed E-state index contributed by atoms with van der Waals surface area (Å²) in [7, 11) is -3.97. The molecule has 0 unspecified atom stereocenters. The second-order valence-corrected chi connectivity index (χ2v) is 10.5. The number of fused-ring (bicyclic) bond motifs is 1. The van der Waals surface area contributed by atoms with Gasteiger partial charge in [-0.1, -0.05) is 60.7 Å². The molecule has 0 saturated heterocycles. The van der Waals surface area contributed by atoms with Crippen LogP contribution in [0, 0.1) is 0 Å². The number of rotatable bonds is 9. The van der Waals surface area contributed by atoms with Crippen molar-refractivity contribution in [3.8, 4) is 0 Å². The molecule has 9 heteroatoms. The molecule has 1 aromatic heterocycles. The molecule has 4 aromatic rings. The lowest BCUT2D eigenvalue weighted by molar-refractivity contribution is 0.0955. The zero-order chi connectivity index (χ0) is 24.1. The number of aromatic nitrogens is 1. The Balaban J connectivity index is 1.53. The summed E-state index contributed by atoms with van der Waals surface area (Å²) in [4.78, 5) is 24.9. The fraction of sp³-hybridized carbons (Fsp3) is 0.200. The SMILES string of the molecule is CCCn1c(=O)sc2cc(S(=O)(=O)Nc3ccccc3C(=O)NCCc3ccccc3)ccc21. The molecule has 34 heavy (non-hydrogen) atoms. The first-order chi connectivity index (χ1) is 16.4. The normalized spacial score (nSPS) is 11.4. The molecule has 0 bridgehead atoms. The molecule has 0 aliphatic rings. The van der Waals surface area contributed by atoms with E-state index in [0.717, 1.165) is 23.3 Å². The van der Waals surface area contributed by atoms with Gasteiger partial charge in [0, 0.05) is 13.1 Å². The zero-order valence-electron chi connectivity index (χ0n) is 18.7. The molecule has 1 amide bonds. The first-order valence-electron chi connectivity index (χ1n) is 11.0. The van der Waals surface area contributed by atoms with Crippen molar-refractivity contribution in [2.24, 2.45) is 0 Å². The molecule has 1 heterocycles. The summed E-state index contributed by atoms with van der Waals surface area (Å²) in [6.45, 7) is 2.98. The standard InChI is InChI=1S/C25H25N3O4S2/c1-2-16-28-22-13-12-19(17-23(22)33-25(28)30)34(31,32)27-21-11-7-6-10-20(21)24(29)26-15-14-18-8-4-3-5-9-18/h3-13,17,27H,2,14-16H2,1H3,(H,26,29). The smallest absolute Gasteiger partial charge is 0.308 e. The lowest BCUT2D eigenvalue weighted by Gasteiger charge is -2.13. The van der Waals surface area contributed by atoms with Gasteiger partial charge >= 0.3 is 4.87 Å². The Kier molecular flexibility index (Phi) is 7.14. The number of carbonyl (C=O) groups excluding carboxylic acids is 1. The fourth-order valence-corrected chi connectivity index (χ4v) is 5.82. The number of aryl methyl sites for hydroxylation is 1.